The molecule has 21 heavy (non-hydrogen) atoms. The van der Waals surface area contributed by atoms with E-state index in [1.54, 1.807) is 0 Å². The van der Waals surface area contributed by atoms with Crippen LogP contribution < -0.4 is 10.2 Å². The molecule has 3 heterocycles. The van der Waals surface area contributed by atoms with E-state index in [1.807, 2.05) is 11.0 Å². The van der Waals surface area contributed by atoms with Gasteiger partial charge in [0.15, 0.2) is 0 Å². The lowest BCUT2D eigenvalue weighted by atomic mass is 10.0. The zero-order valence-electron chi connectivity index (χ0n) is 12.5. The Morgan fingerprint density at radius 1 is 1.29 bits per heavy atom. The summed E-state index contributed by atoms with van der Waals surface area (Å²) in [5, 5.41) is 3.41. The molecule has 2 aliphatic heterocycles. The topological polar surface area (TPSA) is 28.2 Å². The van der Waals surface area contributed by atoms with Crippen LogP contribution in [0.4, 0.5) is 14.6 Å². The maximum Gasteiger partial charge on any atom is 0.249 e. The fourth-order valence-corrected chi connectivity index (χ4v) is 3.24. The summed E-state index contributed by atoms with van der Waals surface area (Å²) in [5.74, 6) is -1.28. The Morgan fingerprint density at radius 2 is 2.14 bits per heavy atom. The Bertz CT molecular complexity index is 504. The molecule has 1 aromatic rings. The lowest BCUT2D eigenvalue weighted by Crippen LogP contribution is -2.27. The molecule has 1 N–H and O–H groups in total. The summed E-state index contributed by atoms with van der Waals surface area (Å²) in [6, 6.07) is 4.13. The number of pyridine rings is 1. The van der Waals surface area contributed by atoms with Crippen LogP contribution in [0.15, 0.2) is 12.1 Å². The maximum atomic E-state index is 13.5. The summed E-state index contributed by atoms with van der Waals surface area (Å²) < 4.78 is 27.0. The Kier molecular flexibility index (Phi) is 4.11. The maximum absolute atomic E-state index is 13.5. The standard InChI is InChI=1S/C16H23F2N3/c1-12-11-19-8-5-13-3-4-14(20-15(12)13)21-9-2-6-16(17,18)7-10-21/h3-4,12,19H,2,5-11H2,1H3. The third-order valence-corrected chi connectivity index (χ3v) is 4.53. The van der Waals surface area contributed by atoms with Crippen molar-refractivity contribution >= 4 is 5.82 Å². The van der Waals surface area contributed by atoms with Crippen molar-refractivity contribution in [2.75, 3.05) is 31.1 Å². The fourth-order valence-electron chi connectivity index (χ4n) is 3.24. The predicted octanol–water partition coefficient (Wildman–Crippen LogP) is 2.96. The van der Waals surface area contributed by atoms with E-state index in [0.717, 1.165) is 31.0 Å². The zero-order valence-corrected chi connectivity index (χ0v) is 12.5. The van der Waals surface area contributed by atoms with Crippen molar-refractivity contribution in [3.05, 3.63) is 23.4 Å². The van der Waals surface area contributed by atoms with Gasteiger partial charge in [0.2, 0.25) is 5.92 Å². The third kappa shape index (κ3) is 3.34. The zero-order chi connectivity index (χ0) is 14.9. The number of hydrogen-bond donors (Lipinski definition) is 1. The van der Waals surface area contributed by atoms with E-state index in [0.29, 0.717) is 25.4 Å². The highest BCUT2D eigenvalue weighted by molar-refractivity contribution is 5.43. The van der Waals surface area contributed by atoms with Crippen molar-refractivity contribution in [1.29, 1.82) is 0 Å². The molecule has 3 nitrogen and oxygen atoms in total. The van der Waals surface area contributed by atoms with E-state index in [-0.39, 0.29) is 12.8 Å². The van der Waals surface area contributed by atoms with Crippen LogP contribution in [-0.2, 0) is 6.42 Å². The molecular weight excluding hydrogens is 272 g/mol. The van der Waals surface area contributed by atoms with E-state index >= 15 is 0 Å². The fraction of sp³-hybridized carbons (Fsp3) is 0.688. The molecule has 2 aliphatic rings. The van der Waals surface area contributed by atoms with Crippen molar-refractivity contribution in [2.45, 2.75) is 44.4 Å². The third-order valence-electron chi connectivity index (χ3n) is 4.53. The first kappa shape index (κ1) is 14.7. The molecule has 0 amide bonds. The molecule has 1 unspecified atom stereocenters. The lowest BCUT2D eigenvalue weighted by molar-refractivity contribution is -0.0102. The molecule has 1 saturated heterocycles. The van der Waals surface area contributed by atoms with E-state index in [1.165, 1.54) is 5.56 Å². The van der Waals surface area contributed by atoms with Gasteiger partial charge in [-0.2, -0.15) is 0 Å². The van der Waals surface area contributed by atoms with Gasteiger partial charge in [-0.1, -0.05) is 13.0 Å². The number of alkyl halides is 2. The van der Waals surface area contributed by atoms with Crippen LogP contribution in [0.2, 0.25) is 0 Å². The summed E-state index contributed by atoms with van der Waals surface area (Å²) >= 11 is 0. The summed E-state index contributed by atoms with van der Waals surface area (Å²) in [5.41, 5.74) is 2.42. The van der Waals surface area contributed by atoms with Crippen molar-refractivity contribution in [3.63, 3.8) is 0 Å². The average molecular weight is 295 g/mol. The molecule has 0 bridgehead atoms. The molecular formula is C16H23F2N3. The van der Waals surface area contributed by atoms with Crippen LogP contribution in [0, 0.1) is 0 Å². The Hall–Kier alpha value is -1.23. The van der Waals surface area contributed by atoms with Crippen molar-refractivity contribution in [3.8, 4) is 0 Å². The number of aromatic nitrogens is 1. The van der Waals surface area contributed by atoms with Gasteiger partial charge in [-0.25, -0.2) is 13.8 Å². The van der Waals surface area contributed by atoms with Crippen molar-refractivity contribution < 1.29 is 8.78 Å². The summed E-state index contributed by atoms with van der Waals surface area (Å²) in [6.07, 6.45) is 1.45. The SMILES string of the molecule is CC1CNCCc2ccc(N3CCCC(F)(F)CC3)nc21. The second-order valence-corrected chi connectivity index (χ2v) is 6.27. The van der Waals surface area contributed by atoms with Crippen LogP contribution >= 0.6 is 0 Å². The second kappa shape index (κ2) is 5.87. The number of halogens is 2. The van der Waals surface area contributed by atoms with Gasteiger partial charge in [0.25, 0.3) is 0 Å². The first-order chi connectivity index (χ1) is 10.1. The highest BCUT2D eigenvalue weighted by Crippen LogP contribution is 2.30. The van der Waals surface area contributed by atoms with Gasteiger partial charge in [-0.15, -0.1) is 0 Å². The minimum absolute atomic E-state index is 0.00519. The molecule has 1 atom stereocenters. The first-order valence-electron chi connectivity index (χ1n) is 7.88. The Balaban J connectivity index is 1.83. The van der Waals surface area contributed by atoms with Crippen LogP contribution in [0.25, 0.3) is 0 Å². The number of nitrogens with zero attached hydrogens (tertiary/aromatic N) is 2. The normalized spacial score (nSPS) is 25.9. The van der Waals surface area contributed by atoms with Gasteiger partial charge in [0, 0.05) is 38.4 Å². The molecule has 0 saturated carbocycles. The van der Waals surface area contributed by atoms with Gasteiger partial charge in [-0.05, 0) is 31.0 Å². The van der Waals surface area contributed by atoms with Crippen LogP contribution in [0.3, 0.4) is 0 Å². The van der Waals surface area contributed by atoms with E-state index < -0.39 is 5.92 Å². The first-order valence-corrected chi connectivity index (χ1v) is 7.88. The Labute approximate surface area is 124 Å². The Morgan fingerprint density at radius 3 is 3.00 bits per heavy atom. The number of rotatable bonds is 1. The van der Waals surface area contributed by atoms with E-state index in [4.69, 9.17) is 4.98 Å². The van der Waals surface area contributed by atoms with Gasteiger partial charge in [0.1, 0.15) is 5.82 Å². The molecule has 1 aromatic heterocycles. The summed E-state index contributed by atoms with van der Waals surface area (Å²) in [7, 11) is 0. The minimum Gasteiger partial charge on any atom is -0.356 e. The quantitative estimate of drug-likeness (QED) is 0.863. The van der Waals surface area contributed by atoms with Gasteiger partial charge >= 0.3 is 0 Å². The largest absolute Gasteiger partial charge is 0.356 e. The smallest absolute Gasteiger partial charge is 0.249 e. The van der Waals surface area contributed by atoms with Crippen LogP contribution in [-0.4, -0.2) is 37.1 Å². The van der Waals surface area contributed by atoms with Gasteiger partial charge in [0.05, 0.1) is 5.69 Å². The van der Waals surface area contributed by atoms with E-state index in [2.05, 4.69) is 18.3 Å². The number of hydrogen-bond acceptors (Lipinski definition) is 3. The molecule has 0 aromatic carbocycles. The average Bonchev–Trinajstić information content (AvgIpc) is 2.75. The van der Waals surface area contributed by atoms with E-state index in [9.17, 15) is 8.78 Å². The van der Waals surface area contributed by atoms with Crippen LogP contribution in [0.1, 0.15) is 43.4 Å². The molecule has 0 radical (unpaired) electrons. The predicted molar refractivity (Wildman–Crippen MR) is 80.2 cm³/mol. The number of fused-ring (bicyclic) bond motifs is 1. The molecule has 116 valence electrons. The van der Waals surface area contributed by atoms with Gasteiger partial charge < -0.3 is 10.2 Å². The molecule has 0 spiro atoms. The summed E-state index contributed by atoms with van der Waals surface area (Å²) in [4.78, 5) is 6.83. The second-order valence-electron chi connectivity index (χ2n) is 6.27. The molecule has 1 fully saturated rings. The highest BCUT2D eigenvalue weighted by Gasteiger charge is 2.32. The number of anilines is 1. The monoisotopic (exact) mass is 295 g/mol. The van der Waals surface area contributed by atoms with Crippen LogP contribution in [0.5, 0.6) is 0 Å². The number of nitrogens with one attached hydrogen (secondary N) is 1. The highest BCUT2D eigenvalue weighted by atomic mass is 19.3. The lowest BCUT2D eigenvalue weighted by Gasteiger charge is -2.23. The molecule has 5 heteroatoms. The van der Waals surface area contributed by atoms with Crippen molar-refractivity contribution in [1.82, 2.24) is 10.3 Å². The molecule has 0 aliphatic carbocycles. The van der Waals surface area contributed by atoms with Crippen molar-refractivity contribution in [2.24, 2.45) is 0 Å². The molecule has 3 rings (SSSR count). The van der Waals surface area contributed by atoms with Gasteiger partial charge in [-0.3, -0.25) is 0 Å². The minimum atomic E-state index is -2.52. The summed E-state index contributed by atoms with van der Waals surface area (Å²) in [6.45, 7) is 5.15.